The van der Waals surface area contributed by atoms with E-state index in [0.29, 0.717) is 17.4 Å². The van der Waals surface area contributed by atoms with Crippen LogP contribution in [0.15, 0.2) is 0 Å². The SMILES string of the molecule is Nc1[nH]nc2c1NC(=O)CO2. The van der Waals surface area contributed by atoms with Gasteiger partial charge in [0.25, 0.3) is 11.8 Å². The third kappa shape index (κ3) is 0.794. The molecule has 6 nitrogen and oxygen atoms in total. The number of amides is 1. The van der Waals surface area contributed by atoms with Gasteiger partial charge in [0.1, 0.15) is 11.5 Å². The number of H-pyrrole nitrogens is 1. The van der Waals surface area contributed by atoms with Crippen LogP contribution in [0.25, 0.3) is 0 Å². The first-order valence-electron chi connectivity index (χ1n) is 3.04. The first-order chi connectivity index (χ1) is 5.27. The molecule has 0 aromatic carbocycles. The van der Waals surface area contributed by atoms with Gasteiger partial charge in [0.2, 0.25) is 0 Å². The molecule has 0 atom stereocenters. The summed E-state index contributed by atoms with van der Waals surface area (Å²) in [6.45, 7) is -0.00269. The van der Waals surface area contributed by atoms with E-state index in [1.165, 1.54) is 0 Å². The minimum Gasteiger partial charge on any atom is -0.465 e. The molecule has 0 saturated heterocycles. The molecule has 2 rings (SSSR count). The molecule has 0 spiro atoms. The molecule has 1 aromatic rings. The van der Waals surface area contributed by atoms with Crippen molar-refractivity contribution in [3.8, 4) is 5.88 Å². The van der Waals surface area contributed by atoms with E-state index in [9.17, 15) is 4.79 Å². The largest absolute Gasteiger partial charge is 0.465 e. The number of carbonyl (C=O) groups excluding carboxylic acids is 1. The highest BCUT2D eigenvalue weighted by Crippen LogP contribution is 2.29. The van der Waals surface area contributed by atoms with Gasteiger partial charge in [-0.1, -0.05) is 0 Å². The minimum atomic E-state index is -0.217. The number of carbonyl (C=O) groups is 1. The van der Waals surface area contributed by atoms with E-state index in [2.05, 4.69) is 15.5 Å². The van der Waals surface area contributed by atoms with Crippen LogP contribution < -0.4 is 15.8 Å². The number of hydrogen-bond donors (Lipinski definition) is 3. The number of nitrogens with two attached hydrogens (primary N) is 1. The highest BCUT2D eigenvalue weighted by Gasteiger charge is 2.20. The van der Waals surface area contributed by atoms with Crippen LogP contribution >= 0.6 is 0 Å². The zero-order valence-corrected chi connectivity index (χ0v) is 5.55. The molecule has 0 bridgehead atoms. The maximum Gasteiger partial charge on any atom is 0.262 e. The van der Waals surface area contributed by atoms with Gasteiger partial charge in [-0.2, -0.15) is 0 Å². The van der Waals surface area contributed by atoms with Gasteiger partial charge >= 0.3 is 0 Å². The fourth-order valence-electron chi connectivity index (χ4n) is 0.873. The molecule has 58 valence electrons. The number of nitrogens with one attached hydrogen (secondary N) is 2. The van der Waals surface area contributed by atoms with E-state index in [-0.39, 0.29) is 12.5 Å². The van der Waals surface area contributed by atoms with Crippen LogP contribution in [0.4, 0.5) is 11.5 Å². The third-order valence-electron chi connectivity index (χ3n) is 1.37. The molecule has 1 amide bonds. The predicted octanol–water partition coefficient (Wildman–Crippen LogP) is -0.677. The molecular formula is C5H6N4O2. The Labute approximate surface area is 61.7 Å². The third-order valence-corrected chi connectivity index (χ3v) is 1.37. The average Bonchev–Trinajstić information content (AvgIpc) is 2.33. The second-order valence-electron chi connectivity index (χ2n) is 2.15. The van der Waals surface area contributed by atoms with Gasteiger partial charge in [-0.05, 0) is 0 Å². The summed E-state index contributed by atoms with van der Waals surface area (Å²) in [6, 6.07) is 0. The quantitative estimate of drug-likeness (QED) is 0.461. The predicted molar refractivity (Wildman–Crippen MR) is 37.1 cm³/mol. The lowest BCUT2D eigenvalue weighted by atomic mass is 10.4. The van der Waals surface area contributed by atoms with Gasteiger partial charge in [-0.15, -0.1) is 5.10 Å². The second-order valence-corrected chi connectivity index (χ2v) is 2.15. The van der Waals surface area contributed by atoms with Gasteiger partial charge in [0, 0.05) is 0 Å². The highest BCUT2D eigenvalue weighted by atomic mass is 16.5. The standard InChI is InChI=1S/C5H6N4O2/c6-4-3-5(9-8-4)11-1-2(10)7-3/h1H2,(H,7,10)(H3,6,8,9). The smallest absolute Gasteiger partial charge is 0.262 e. The van der Waals surface area contributed by atoms with Crippen LogP contribution in [0.1, 0.15) is 0 Å². The summed E-state index contributed by atoms with van der Waals surface area (Å²) in [7, 11) is 0. The number of aromatic amines is 1. The van der Waals surface area contributed by atoms with Crippen LogP contribution in [-0.2, 0) is 4.79 Å². The molecule has 0 unspecified atom stereocenters. The Bertz CT molecular complexity index is 305. The number of nitrogen functional groups attached to an aromatic ring is 1. The van der Waals surface area contributed by atoms with Gasteiger partial charge in [0.05, 0.1) is 0 Å². The van der Waals surface area contributed by atoms with E-state index in [1.54, 1.807) is 0 Å². The Balaban J connectivity index is 2.45. The number of anilines is 2. The summed E-state index contributed by atoms with van der Waals surface area (Å²) in [5, 5.41) is 8.72. The molecule has 0 radical (unpaired) electrons. The summed E-state index contributed by atoms with van der Waals surface area (Å²) < 4.78 is 4.92. The van der Waals surface area contributed by atoms with Crippen LogP contribution in [0.5, 0.6) is 5.88 Å². The van der Waals surface area contributed by atoms with Crippen molar-refractivity contribution in [3.63, 3.8) is 0 Å². The van der Waals surface area contributed by atoms with Crippen LogP contribution in [0.2, 0.25) is 0 Å². The Hall–Kier alpha value is -1.72. The number of nitrogens with zero attached hydrogens (tertiary/aromatic N) is 1. The monoisotopic (exact) mass is 154 g/mol. The summed E-state index contributed by atoms with van der Waals surface area (Å²) in [5.41, 5.74) is 5.84. The number of ether oxygens (including phenoxy) is 1. The van der Waals surface area contributed by atoms with Crippen molar-refractivity contribution in [2.75, 3.05) is 17.7 Å². The van der Waals surface area contributed by atoms with Crippen LogP contribution in [0.3, 0.4) is 0 Å². The normalized spacial score (nSPS) is 15.1. The molecule has 0 fully saturated rings. The molecule has 0 aliphatic carbocycles. The van der Waals surface area contributed by atoms with Crippen molar-refractivity contribution in [3.05, 3.63) is 0 Å². The summed E-state index contributed by atoms with van der Waals surface area (Å²) in [5.74, 6) is 0.445. The first kappa shape index (κ1) is 6.02. The van der Waals surface area contributed by atoms with E-state index in [4.69, 9.17) is 10.5 Å². The molecule has 1 aliphatic rings. The van der Waals surface area contributed by atoms with Crippen molar-refractivity contribution in [2.24, 2.45) is 0 Å². The van der Waals surface area contributed by atoms with Crippen molar-refractivity contribution < 1.29 is 9.53 Å². The Morgan fingerprint density at radius 2 is 2.45 bits per heavy atom. The average molecular weight is 154 g/mol. The van der Waals surface area contributed by atoms with Crippen molar-refractivity contribution in [2.45, 2.75) is 0 Å². The summed E-state index contributed by atoms with van der Waals surface area (Å²) in [4.78, 5) is 10.7. The zero-order chi connectivity index (χ0) is 7.84. The molecule has 0 saturated carbocycles. The molecule has 1 aliphatic heterocycles. The van der Waals surface area contributed by atoms with Crippen LogP contribution in [-0.4, -0.2) is 22.7 Å². The fourth-order valence-corrected chi connectivity index (χ4v) is 0.873. The molecule has 1 aromatic heterocycles. The van der Waals surface area contributed by atoms with Gasteiger partial charge in [0.15, 0.2) is 6.61 Å². The number of hydrogen-bond acceptors (Lipinski definition) is 4. The number of aromatic nitrogens is 2. The Morgan fingerprint density at radius 1 is 1.64 bits per heavy atom. The van der Waals surface area contributed by atoms with Gasteiger partial charge < -0.3 is 15.8 Å². The van der Waals surface area contributed by atoms with Crippen LogP contribution in [0, 0.1) is 0 Å². The maximum absolute atomic E-state index is 10.7. The lowest BCUT2D eigenvalue weighted by Crippen LogP contribution is -2.25. The molecule has 6 heteroatoms. The van der Waals surface area contributed by atoms with Crippen molar-refractivity contribution in [1.82, 2.24) is 10.2 Å². The highest BCUT2D eigenvalue weighted by molar-refractivity contribution is 5.97. The lowest BCUT2D eigenvalue weighted by molar-refractivity contribution is -0.118. The van der Waals surface area contributed by atoms with Crippen molar-refractivity contribution in [1.29, 1.82) is 0 Å². The number of fused-ring (bicyclic) bond motifs is 1. The van der Waals surface area contributed by atoms with Gasteiger partial charge in [-0.25, -0.2) is 0 Å². The van der Waals surface area contributed by atoms with E-state index < -0.39 is 0 Å². The topological polar surface area (TPSA) is 93.0 Å². The summed E-state index contributed by atoms with van der Waals surface area (Å²) in [6.07, 6.45) is 0. The van der Waals surface area contributed by atoms with Crippen molar-refractivity contribution >= 4 is 17.4 Å². The molecule has 11 heavy (non-hydrogen) atoms. The van der Waals surface area contributed by atoms with E-state index in [1.807, 2.05) is 0 Å². The van der Waals surface area contributed by atoms with E-state index >= 15 is 0 Å². The van der Waals surface area contributed by atoms with Gasteiger partial charge in [-0.3, -0.25) is 9.89 Å². The molecule has 2 heterocycles. The lowest BCUT2D eigenvalue weighted by Gasteiger charge is -2.11. The Morgan fingerprint density at radius 3 is 3.27 bits per heavy atom. The van der Waals surface area contributed by atoms with E-state index in [0.717, 1.165) is 0 Å². The summed E-state index contributed by atoms with van der Waals surface area (Å²) >= 11 is 0. The number of rotatable bonds is 0. The first-order valence-corrected chi connectivity index (χ1v) is 3.04. The molecule has 4 N–H and O–H groups in total. The Kier molecular flexibility index (Phi) is 1.03. The minimum absolute atomic E-state index is 0.00269. The second kappa shape index (κ2) is 1.88. The fraction of sp³-hybridized carbons (Fsp3) is 0.200. The maximum atomic E-state index is 10.7. The zero-order valence-electron chi connectivity index (χ0n) is 5.55. The molecular weight excluding hydrogens is 148 g/mol.